The van der Waals surface area contributed by atoms with E-state index in [0.29, 0.717) is 6.54 Å². The minimum Gasteiger partial charge on any atom is -0.464 e. The number of hydrogen-bond donors (Lipinski definition) is 1. The summed E-state index contributed by atoms with van der Waals surface area (Å²) < 4.78 is 29.0. The van der Waals surface area contributed by atoms with Gasteiger partial charge in [-0.2, -0.15) is 0 Å². The molecule has 0 saturated heterocycles. The number of sulfone groups is 1. The lowest BCUT2D eigenvalue weighted by atomic mass is 10.1. The first kappa shape index (κ1) is 15.8. The highest BCUT2D eigenvalue weighted by molar-refractivity contribution is 7.90. The maximum Gasteiger partial charge on any atom is 0.149 e. The number of nitrogens with one attached hydrogen (secondary N) is 1. The van der Waals surface area contributed by atoms with Crippen LogP contribution >= 0.6 is 0 Å². The summed E-state index contributed by atoms with van der Waals surface area (Å²) in [6.07, 6.45) is 2.98. The molecule has 1 atom stereocenters. The molecule has 0 aliphatic carbocycles. The number of hydrogen-bond acceptors (Lipinski definition) is 4. The molecular formula is C18H19NO3S. The van der Waals surface area contributed by atoms with E-state index < -0.39 is 9.84 Å². The molecule has 0 amide bonds. The van der Waals surface area contributed by atoms with E-state index in [2.05, 4.69) is 5.32 Å². The summed E-state index contributed by atoms with van der Waals surface area (Å²) in [6.45, 7) is 0.548. The second kappa shape index (κ2) is 6.56. The number of benzene rings is 2. The molecule has 2 aromatic carbocycles. The van der Waals surface area contributed by atoms with Gasteiger partial charge in [-0.25, -0.2) is 8.42 Å². The molecule has 3 aromatic rings. The number of furan rings is 1. The van der Waals surface area contributed by atoms with Crippen LogP contribution in [0.1, 0.15) is 17.2 Å². The van der Waals surface area contributed by atoms with Crippen LogP contribution in [0.15, 0.2) is 65.3 Å². The average Bonchev–Trinajstić information content (AvgIpc) is 2.94. The molecule has 0 spiro atoms. The fourth-order valence-corrected chi connectivity index (χ4v) is 3.58. The van der Waals surface area contributed by atoms with Crippen molar-refractivity contribution in [2.75, 3.05) is 12.0 Å². The predicted molar refractivity (Wildman–Crippen MR) is 91.9 cm³/mol. The van der Waals surface area contributed by atoms with E-state index in [9.17, 15) is 8.42 Å². The number of fused-ring (bicyclic) bond motifs is 1. The monoisotopic (exact) mass is 329 g/mol. The normalized spacial score (nSPS) is 13.3. The molecule has 5 heteroatoms. The molecule has 0 aliphatic rings. The molecule has 23 heavy (non-hydrogen) atoms. The van der Waals surface area contributed by atoms with Crippen LogP contribution < -0.4 is 5.32 Å². The van der Waals surface area contributed by atoms with Gasteiger partial charge < -0.3 is 9.73 Å². The molecule has 3 rings (SSSR count). The zero-order valence-corrected chi connectivity index (χ0v) is 13.7. The molecule has 120 valence electrons. The van der Waals surface area contributed by atoms with Crippen molar-refractivity contribution in [3.63, 3.8) is 0 Å². The van der Waals surface area contributed by atoms with Crippen molar-refractivity contribution in [1.82, 2.24) is 5.32 Å². The fourth-order valence-electron chi connectivity index (χ4n) is 2.66. The van der Waals surface area contributed by atoms with E-state index in [1.54, 1.807) is 6.26 Å². The van der Waals surface area contributed by atoms with Gasteiger partial charge in [0, 0.05) is 29.8 Å². The second-order valence-corrected chi connectivity index (χ2v) is 7.88. The third-order valence-electron chi connectivity index (χ3n) is 3.77. The van der Waals surface area contributed by atoms with Gasteiger partial charge in [-0.05, 0) is 11.6 Å². The Balaban J connectivity index is 1.81. The van der Waals surface area contributed by atoms with Gasteiger partial charge in [-0.3, -0.25) is 0 Å². The minimum absolute atomic E-state index is 0.0623. The van der Waals surface area contributed by atoms with E-state index in [1.165, 1.54) is 6.26 Å². The Kier molecular flexibility index (Phi) is 4.50. The molecule has 1 aromatic heterocycles. The van der Waals surface area contributed by atoms with Gasteiger partial charge in [0.1, 0.15) is 15.4 Å². The summed E-state index contributed by atoms with van der Waals surface area (Å²) in [5, 5.41) is 4.40. The largest absolute Gasteiger partial charge is 0.464 e. The Morgan fingerprint density at radius 3 is 2.48 bits per heavy atom. The van der Waals surface area contributed by atoms with Gasteiger partial charge in [-0.1, -0.05) is 48.5 Å². The first-order valence-electron chi connectivity index (χ1n) is 7.44. The molecule has 1 heterocycles. The van der Waals surface area contributed by atoms with Gasteiger partial charge in [0.2, 0.25) is 0 Å². The summed E-state index contributed by atoms with van der Waals surface area (Å²) in [5.41, 5.74) is 2.82. The van der Waals surface area contributed by atoms with Crippen LogP contribution in [0.5, 0.6) is 0 Å². The van der Waals surface area contributed by atoms with Gasteiger partial charge >= 0.3 is 0 Å². The predicted octanol–water partition coefficient (Wildman–Crippen LogP) is 3.31. The third-order valence-corrected chi connectivity index (χ3v) is 4.71. The Labute approximate surface area is 136 Å². The highest BCUT2D eigenvalue weighted by atomic mass is 32.2. The quantitative estimate of drug-likeness (QED) is 0.754. The van der Waals surface area contributed by atoms with Crippen molar-refractivity contribution >= 4 is 20.8 Å². The van der Waals surface area contributed by atoms with Crippen molar-refractivity contribution in [2.24, 2.45) is 0 Å². The average molecular weight is 329 g/mol. The van der Waals surface area contributed by atoms with E-state index in [0.717, 1.165) is 22.1 Å². The molecule has 0 radical (unpaired) electrons. The highest BCUT2D eigenvalue weighted by Crippen LogP contribution is 2.22. The second-order valence-electron chi connectivity index (χ2n) is 5.69. The van der Waals surface area contributed by atoms with E-state index in [4.69, 9.17) is 4.42 Å². The first-order chi connectivity index (χ1) is 11.0. The standard InChI is InChI=1S/C18H19NO3S/c1-23(20,21)13-17(14-7-3-2-4-8-14)19-11-15-12-22-18-10-6-5-9-16(15)18/h2-10,12,17,19H,11,13H2,1H3/t17-/m1/s1. The van der Waals surface area contributed by atoms with Crippen molar-refractivity contribution in [3.05, 3.63) is 72.0 Å². The molecule has 0 bridgehead atoms. The Morgan fingerprint density at radius 1 is 1.04 bits per heavy atom. The van der Waals surface area contributed by atoms with Gasteiger partial charge in [-0.15, -0.1) is 0 Å². The lowest BCUT2D eigenvalue weighted by Crippen LogP contribution is -2.27. The van der Waals surface area contributed by atoms with E-state index >= 15 is 0 Å². The zero-order valence-electron chi connectivity index (χ0n) is 12.9. The lowest BCUT2D eigenvalue weighted by molar-refractivity contribution is 0.546. The molecule has 0 aliphatic heterocycles. The third kappa shape index (κ3) is 4.00. The summed E-state index contributed by atoms with van der Waals surface area (Å²) in [6, 6.07) is 17.2. The van der Waals surface area contributed by atoms with Crippen molar-refractivity contribution < 1.29 is 12.8 Å². The smallest absolute Gasteiger partial charge is 0.149 e. The maximum atomic E-state index is 11.7. The van der Waals surface area contributed by atoms with Crippen molar-refractivity contribution in [1.29, 1.82) is 0 Å². The summed E-state index contributed by atoms with van der Waals surface area (Å²) >= 11 is 0. The van der Waals surface area contributed by atoms with Crippen LogP contribution in [0.4, 0.5) is 0 Å². The molecule has 1 N–H and O–H groups in total. The van der Waals surface area contributed by atoms with Crippen LogP contribution in [0, 0.1) is 0 Å². The molecular weight excluding hydrogens is 310 g/mol. The van der Waals surface area contributed by atoms with Crippen molar-refractivity contribution in [2.45, 2.75) is 12.6 Å². The highest BCUT2D eigenvalue weighted by Gasteiger charge is 2.17. The van der Waals surface area contributed by atoms with E-state index in [-0.39, 0.29) is 11.8 Å². The maximum absolute atomic E-state index is 11.7. The van der Waals surface area contributed by atoms with Crippen molar-refractivity contribution in [3.8, 4) is 0 Å². The summed E-state index contributed by atoms with van der Waals surface area (Å²) in [4.78, 5) is 0. The lowest BCUT2D eigenvalue weighted by Gasteiger charge is -2.18. The topological polar surface area (TPSA) is 59.3 Å². The van der Waals surface area contributed by atoms with Crippen LogP contribution in [0.2, 0.25) is 0 Å². The Morgan fingerprint density at radius 2 is 1.74 bits per heavy atom. The van der Waals surface area contributed by atoms with Gasteiger partial charge in [0.15, 0.2) is 0 Å². The van der Waals surface area contributed by atoms with Crippen LogP contribution in [-0.2, 0) is 16.4 Å². The van der Waals surface area contributed by atoms with Crippen LogP contribution in [0.3, 0.4) is 0 Å². The molecule has 0 saturated carbocycles. The van der Waals surface area contributed by atoms with E-state index in [1.807, 2.05) is 54.6 Å². The summed E-state index contributed by atoms with van der Waals surface area (Å²) in [7, 11) is -3.09. The molecule has 0 unspecified atom stereocenters. The van der Waals surface area contributed by atoms with Gasteiger partial charge in [0.05, 0.1) is 12.0 Å². The Hall–Kier alpha value is -2.11. The first-order valence-corrected chi connectivity index (χ1v) is 9.50. The number of rotatable bonds is 6. The van der Waals surface area contributed by atoms with Gasteiger partial charge in [0.25, 0.3) is 0 Å². The zero-order chi connectivity index (χ0) is 16.3. The fraction of sp³-hybridized carbons (Fsp3) is 0.222. The van der Waals surface area contributed by atoms with Crippen LogP contribution in [-0.4, -0.2) is 20.4 Å². The number of para-hydroxylation sites is 1. The molecule has 0 fully saturated rings. The SMILES string of the molecule is CS(=O)(=O)C[C@@H](NCc1coc2ccccc12)c1ccccc1. The van der Waals surface area contributed by atoms with Crippen LogP contribution in [0.25, 0.3) is 11.0 Å². The Bertz CT molecular complexity index is 885. The molecule has 4 nitrogen and oxygen atoms in total. The summed E-state index contributed by atoms with van der Waals surface area (Å²) in [5.74, 6) is 0.0623. The minimum atomic E-state index is -3.09.